The van der Waals surface area contributed by atoms with Gasteiger partial charge in [-0.15, -0.1) is 0 Å². The van der Waals surface area contributed by atoms with Gasteiger partial charge in [0.1, 0.15) is 18.5 Å². The van der Waals surface area contributed by atoms with E-state index in [2.05, 4.69) is 5.32 Å². The Balaban J connectivity index is 0.000000352. The van der Waals surface area contributed by atoms with Gasteiger partial charge in [-0.05, 0) is 30.2 Å². The summed E-state index contributed by atoms with van der Waals surface area (Å²) in [5.41, 5.74) is 7.23. The number of hydrogen-bond donors (Lipinski definition) is 3. The molecule has 158 valence electrons. The molecule has 0 aliphatic heterocycles. The molecule has 2 aromatic carbocycles. The highest BCUT2D eigenvalue weighted by Gasteiger charge is 2.06. The van der Waals surface area contributed by atoms with Crippen LogP contribution in [0.3, 0.4) is 0 Å². The van der Waals surface area contributed by atoms with Crippen LogP contribution in [0.2, 0.25) is 0 Å². The smallest absolute Gasteiger partial charge is 0.221 e. The largest absolute Gasteiger partial charge is 0.545 e. The third-order valence-corrected chi connectivity index (χ3v) is 3.79. The number of carboxylic acid groups (broad SMARTS) is 1. The molecule has 1 unspecified atom stereocenters. The molecular weight excluding hydrogens is 372 g/mol. The zero-order valence-corrected chi connectivity index (χ0v) is 17.1. The molecule has 0 spiro atoms. The topological polar surface area (TPSA) is 125 Å². The van der Waals surface area contributed by atoms with Crippen molar-refractivity contribution in [3.05, 3.63) is 65.2 Å². The number of aliphatic hydroxyl groups excluding tert-OH is 1. The number of nitrogens with one attached hydrogen (secondary N) is 1. The second kappa shape index (κ2) is 12.5. The molecule has 0 saturated heterocycles. The van der Waals surface area contributed by atoms with Crippen LogP contribution in [-0.2, 0) is 11.2 Å². The van der Waals surface area contributed by atoms with E-state index in [9.17, 15) is 19.8 Å². The van der Waals surface area contributed by atoms with Gasteiger partial charge in [-0.3, -0.25) is 4.79 Å². The van der Waals surface area contributed by atoms with Crippen molar-refractivity contribution in [3.8, 4) is 5.75 Å². The first kappa shape index (κ1) is 24.1. The average Bonchev–Trinajstić information content (AvgIpc) is 2.66. The first-order chi connectivity index (χ1) is 13.7. The molecule has 0 bridgehead atoms. The van der Waals surface area contributed by atoms with E-state index in [-0.39, 0.29) is 24.5 Å². The highest BCUT2D eigenvalue weighted by atomic mass is 16.5. The Hall–Kier alpha value is -2.90. The maximum absolute atomic E-state index is 10.7. The molecule has 1 amide bonds. The molecule has 7 nitrogen and oxygen atoms in total. The van der Waals surface area contributed by atoms with E-state index < -0.39 is 12.1 Å². The molecule has 4 N–H and O–H groups in total. The van der Waals surface area contributed by atoms with Gasteiger partial charge in [-0.1, -0.05) is 55.8 Å². The van der Waals surface area contributed by atoms with Gasteiger partial charge in [0.05, 0.1) is 12.4 Å². The number of rotatable bonds is 9. The molecule has 2 aromatic rings. The summed E-state index contributed by atoms with van der Waals surface area (Å²) in [6.45, 7) is 6.67. The summed E-state index contributed by atoms with van der Waals surface area (Å²) in [7, 11) is 0. The lowest BCUT2D eigenvalue weighted by Crippen LogP contribution is -2.35. The second-order valence-corrected chi connectivity index (χ2v) is 6.97. The quantitative estimate of drug-likeness (QED) is 0.571. The molecule has 0 aliphatic carbocycles. The van der Waals surface area contributed by atoms with Crippen LogP contribution in [0.15, 0.2) is 48.5 Å². The number of carbonyl (C=O) groups excluding carboxylic acids is 2. The number of aryl methyl sites for hydroxylation is 1. The number of carbonyl (C=O) groups is 2. The summed E-state index contributed by atoms with van der Waals surface area (Å²) in [4.78, 5) is 20.9. The Morgan fingerprint density at radius 2 is 1.69 bits per heavy atom. The molecule has 0 radical (unpaired) electrons. The summed E-state index contributed by atoms with van der Waals surface area (Å²) in [6, 6.07) is 14.0. The van der Waals surface area contributed by atoms with Crippen molar-refractivity contribution in [2.75, 3.05) is 13.2 Å². The minimum absolute atomic E-state index is 0.223. The van der Waals surface area contributed by atoms with Crippen molar-refractivity contribution < 1.29 is 24.5 Å². The van der Waals surface area contributed by atoms with Crippen LogP contribution in [0.25, 0.3) is 0 Å². The average molecular weight is 401 g/mol. The molecule has 1 atom stereocenters. The molecule has 7 heteroatoms. The van der Waals surface area contributed by atoms with Crippen molar-refractivity contribution in [1.82, 2.24) is 5.32 Å². The van der Waals surface area contributed by atoms with Crippen molar-refractivity contribution in [3.63, 3.8) is 0 Å². The van der Waals surface area contributed by atoms with Crippen LogP contribution in [0.4, 0.5) is 0 Å². The summed E-state index contributed by atoms with van der Waals surface area (Å²) in [5, 5.41) is 23.0. The number of primary amides is 1. The SMILES string of the molecule is CC(C)NCC(O)COc1ccc(CC(N)=O)cc1.Cc1ccc(C(=O)[O-])cc1. The Morgan fingerprint density at radius 1 is 1.10 bits per heavy atom. The van der Waals surface area contributed by atoms with Crippen LogP contribution < -0.4 is 20.9 Å². The van der Waals surface area contributed by atoms with Gasteiger partial charge >= 0.3 is 0 Å². The molecule has 29 heavy (non-hydrogen) atoms. The van der Waals surface area contributed by atoms with E-state index in [1.807, 2.05) is 20.8 Å². The standard InChI is InChI=1S/C14H22N2O3.C8H8O2/c1-10(2)16-8-12(17)9-19-13-5-3-11(4-6-13)7-14(15)18;1-6-2-4-7(5-3-6)8(9)10/h3-6,10,12,16-17H,7-9H2,1-2H3,(H2,15,18);2-5H,1H3,(H,9,10)/p-1. The van der Waals surface area contributed by atoms with Crippen LogP contribution in [0, 0.1) is 6.92 Å². The summed E-state index contributed by atoms with van der Waals surface area (Å²) in [6.07, 6.45) is -0.325. The van der Waals surface area contributed by atoms with E-state index in [1.54, 1.807) is 36.4 Å². The number of carboxylic acids is 1. The van der Waals surface area contributed by atoms with Gasteiger partial charge in [-0.2, -0.15) is 0 Å². The highest BCUT2D eigenvalue weighted by molar-refractivity contribution is 5.85. The second-order valence-electron chi connectivity index (χ2n) is 6.97. The van der Waals surface area contributed by atoms with Gasteiger partial charge < -0.3 is 30.8 Å². The minimum atomic E-state index is -1.12. The van der Waals surface area contributed by atoms with Crippen molar-refractivity contribution >= 4 is 11.9 Å². The number of ether oxygens (including phenoxy) is 1. The third-order valence-electron chi connectivity index (χ3n) is 3.79. The molecule has 2 rings (SSSR count). The Labute approximate surface area is 171 Å². The fraction of sp³-hybridized carbons (Fsp3) is 0.364. The van der Waals surface area contributed by atoms with Crippen LogP contribution in [0.1, 0.15) is 35.3 Å². The van der Waals surface area contributed by atoms with Gasteiger partial charge in [-0.25, -0.2) is 0 Å². The van der Waals surface area contributed by atoms with Crippen LogP contribution in [-0.4, -0.2) is 42.3 Å². The Morgan fingerprint density at radius 3 is 2.17 bits per heavy atom. The Bertz CT molecular complexity index is 758. The monoisotopic (exact) mass is 401 g/mol. The molecule has 0 fully saturated rings. The molecule has 0 aromatic heterocycles. The zero-order valence-electron chi connectivity index (χ0n) is 17.1. The number of nitrogens with two attached hydrogens (primary N) is 1. The van der Waals surface area contributed by atoms with Crippen LogP contribution in [0.5, 0.6) is 5.75 Å². The number of amides is 1. The predicted octanol–water partition coefficient (Wildman–Crippen LogP) is 0.811. The first-order valence-corrected chi connectivity index (χ1v) is 9.37. The number of aromatic carboxylic acids is 1. The summed E-state index contributed by atoms with van der Waals surface area (Å²) < 4.78 is 5.45. The van der Waals surface area contributed by atoms with E-state index in [0.717, 1.165) is 11.1 Å². The fourth-order valence-electron chi connectivity index (χ4n) is 2.22. The predicted molar refractivity (Wildman–Crippen MR) is 109 cm³/mol. The number of hydrogen-bond acceptors (Lipinski definition) is 6. The van der Waals surface area contributed by atoms with Gasteiger partial charge in [0.25, 0.3) is 0 Å². The number of benzene rings is 2. The van der Waals surface area contributed by atoms with E-state index in [1.165, 1.54) is 12.1 Å². The molecular formula is C22H29N2O5-. The van der Waals surface area contributed by atoms with Gasteiger partial charge in [0.2, 0.25) is 5.91 Å². The van der Waals surface area contributed by atoms with Crippen molar-refractivity contribution in [1.29, 1.82) is 0 Å². The third kappa shape index (κ3) is 10.9. The maximum Gasteiger partial charge on any atom is 0.221 e. The highest BCUT2D eigenvalue weighted by Crippen LogP contribution is 2.12. The fourth-order valence-corrected chi connectivity index (χ4v) is 2.22. The first-order valence-electron chi connectivity index (χ1n) is 9.37. The summed E-state index contributed by atoms with van der Waals surface area (Å²) >= 11 is 0. The van der Waals surface area contributed by atoms with Crippen molar-refractivity contribution in [2.45, 2.75) is 39.3 Å². The Kier molecular flexibility index (Phi) is 10.4. The normalized spacial score (nSPS) is 11.3. The van der Waals surface area contributed by atoms with Gasteiger partial charge in [0.15, 0.2) is 0 Å². The van der Waals surface area contributed by atoms with Gasteiger partial charge in [0, 0.05) is 12.6 Å². The van der Waals surface area contributed by atoms with E-state index in [0.29, 0.717) is 18.3 Å². The van der Waals surface area contributed by atoms with E-state index >= 15 is 0 Å². The van der Waals surface area contributed by atoms with Crippen LogP contribution >= 0.6 is 0 Å². The minimum Gasteiger partial charge on any atom is -0.545 e. The lowest BCUT2D eigenvalue weighted by atomic mass is 10.1. The molecule has 0 aliphatic rings. The molecule has 0 saturated carbocycles. The van der Waals surface area contributed by atoms with E-state index in [4.69, 9.17) is 10.5 Å². The van der Waals surface area contributed by atoms with Crippen molar-refractivity contribution in [2.24, 2.45) is 5.73 Å². The maximum atomic E-state index is 10.7. The number of aliphatic hydroxyl groups is 1. The zero-order chi connectivity index (χ0) is 21.8. The molecule has 0 heterocycles. The lowest BCUT2D eigenvalue weighted by molar-refractivity contribution is -0.255. The lowest BCUT2D eigenvalue weighted by Gasteiger charge is -2.15. The summed E-state index contributed by atoms with van der Waals surface area (Å²) in [5.74, 6) is -0.819.